The summed E-state index contributed by atoms with van der Waals surface area (Å²) in [6.45, 7) is 9.98. The first kappa shape index (κ1) is 31.1. The molecule has 0 saturated carbocycles. The van der Waals surface area contributed by atoms with Crippen LogP contribution in [0, 0.1) is 11.8 Å². The Kier molecular flexibility index (Phi) is 14.4. The maximum absolute atomic E-state index is 12.3. The molecule has 0 radical (unpaired) electrons. The van der Waals surface area contributed by atoms with Crippen molar-refractivity contribution in [3.05, 3.63) is 23.8 Å². The number of esters is 4. The number of rotatable bonds is 16. The smallest absolute Gasteiger partial charge is 0.323 e. The topological polar surface area (TPSA) is 117 Å². The highest BCUT2D eigenvalue weighted by Crippen LogP contribution is 2.30. The van der Waals surface area contributed by atoms with Gasteiger partial charge in [0, 0.05) is 25.8 Å². The van der Waals surface area contributed by atoms with Gasteiger partial charge in [0.05, 0.1) is 7.11 Å². The number of hydrogen-bond acceptors (Lipinski definition) is 9. The molecule has 0 aliphatic heterocycles. The van der Waals surface area contributed by atoms with Crippen LogP contribution in [-0.4, -0.2) is 50.2 Å². The molecule has 0 fully saturated rings. The van der Waals surface area contributed by atoms with Crippen LogP contribution in [0.5, 0.6) is 11.5 Å². The summed E-state index contributed by atoms with van der Waals surface area (Å²) in [6, 6.07) is 4.10. The maximum atomic E-state index is 12.3. The third-order valence-corrected chi connectivity index (χ3v) is 5.02. The fourth-order valence-corrected chi connectivity index (χ4v) is 3.25. The molecule has 0 aliphatic carbocycles. The van der Waals surface area contributed by atoms with Crippen molar-refractivity contribution >= 4 is 23.9 Å². The minimum atomic E-state index is -0.724. The van der Waals surface area contributed by atoms with Gasteiger partial charge in [0.2, 0.25) is 0 Å². The number of hydrogen-bond donors (Lipinski definition) is 1. The molecule has 0 amide bonds. The first-order chi connectivity index (χ1) is 17.0. The second-order valence-corrected chi connectivity index (χ2v) is 9.48. The van der Waals surface area contributed by atoms with Crippen molar-refractivity contribution in [2.24, 2.45) is 11.8 Å². The average Bonchev–Trinajstić information content (AvgIpc) is 2.79. The number of ether oxygens (including phenoxy) is 4. The van der Waals surface area contributed by atoms with Gasteiger partial charge in [-0.15, -0.1) is 0 Å². The Bertz CT molecular complexity index is 865. The Morgan fingerprint density at radius 2 is 1.50 bits per heavy atom. The van der Waals surface area contributed by atoms with Gasteiger partial charge in [0.25, 0.3) is 0 Å². The third-order valence-electron chi connectivity index (χ3n) is 5.02. The first-order valence-corrected chi connectivity index (χ1v) is 12.6. The van der Waals surface area contributed by atoms with E-state index in [1.165, 1.54) is 7.11 Å². The van der Waals surface area contributed by atoms with Crippen molar-refractivity contribution in [2.45, 2.75) is 79.2 Å². The molecule has 1 rings (SSSR count). The fraction of sp³-hybridized carbons (Fsp3) is 0.630. The minimum Gasteiger partial charge on any atom is -0.468 e. The van der Waals surface area contributed by atoms with E-state index in [9.17, 15) is 19.2 Å². The first-order valence-electron chi connectivity index (χ1n) is 12.6. The van der Waals surface area contributed by atoms with E-state index in [0.717, 1.165) is 12.8 Å². The van der Waals surface area contributed by atoms with Gasteiger partial charge >= 0.3 is 23.9 Å². The number of methoxy groups -OCH3 is 1. The Labute approximate surface area is 214 Å². The minimum absolute atomic E-state index is 0.0941. The second-order valence-electron chi connectivity index (χ2n) is 9.48. The molecule has 0 aliphatic rings. The molecule has 202 valence electrons. The fourth-order valence-electron chi connectivity index (χ4n) is 3.25. The van der Waals surface area contributed by atoms with E-state index in [1.807, 2.05) is 34.6 Å². The van der Waals surface area contributed by atoms with E-state index in [1.54, 1.807) is 18.2 Å². The molecule has 9 nitrogen and oxygen atoms in total. The lowest BCUT2D eigenvalue weighted by molar-refractivity contribution is -0.144. The molecule has 0 bridgehead atoms. The summed E-state index contributed by atoms with van der Waals surface area (Å²) in [5.74, 6) is -1.18. The van der Waals surface area contributed by atoms with Crippen LogP contribution in [0.2, 0.25) is 0 Å². The second kappa shape index (κ2) is 16.7. The molecular weight excluding hydrogens is 466 g/mol. The van der Waals surface area contributed by atoms with Gasteiger partial charge in [0.15, 0.2) is 11.5 Å². The van der Waals surface area contributed by atoms with Crippen LogP contribution in [0.4, 0.5) is 0 Å². The standard InChI is InChI=1S/C27H41NO8/c1-7-8-9-24(29)34-13-12-28-21(27(32)33-6)16-20-10-11-22(35-25(30)14-18(2)3)23(17-20)36-26(31)15-19(4)5/h10-11,17-19,21,28H,7-9,12-16H2,1-6H3/t21-/m0/s1. The van der Waals surface area contributed by atoms with Gasteiger partial charge in [-0.1, -0.05) is 47.1 Å². The third kappa shape index (κ3) is 12.7. The van der Waals surface area contributed by atoms with E-state index in [-0.39, 0.29) is 61.7 Å². The van der Waals surface area contributed by atoms with Crippen molar-refractivity contribution < 1.29 is 38.1 Å². The lowest BCUT2D eigenvalue weighted by atomic mass is 10.0. The van der Waals surface area contributed by atoms with Crippen molar-refractivity contribution in [1.29, 1.82) is 0 Å². The molecule has 0 saturated heterocycles. The SMILES string of the molecule is CCCCC(=O)OCCN[C@@H](Cc1ccc(OC(=O)CC(C)C)c(OC(=O)CC(C)C)c1)C(=O)OC. The van der Waals surface area contributed by atoms with Crippen molar-refractivity contribution in [1.82, 2.24) is 5.32 Å². The number of unbranched alkanes of at least 4 members (excludes halogenated alkanes) is 1. The van der Waals surface area contributed by atoms with Crippen LogP contribution < -0.4 is 14.8 Å². The number of benzene rings is 1. The molecule has 0 heterocycles. The quantitative estimate of drug-likeness (QED) is 0.201. The predicted molar refractivity (Wildman–Crippen MR) is 135 cm³/mol. The van der Waals surface area contributed by atoms with Crippen LogP contribution in [0.25, 0.3) is 0 Å². The van der Waals surface area contributed by atoms with Crippen molar-refractivity contribution in [3.8, 4) is 11.5 Å². The monoisotopic (exact) mass is 507 g/mol. The molecule has 36 heavy (non-hydrogen) atoms. The van der Waals surface area contributed by atoms with Crippen LogP contribution >= 0.6 is 0 Å². The highest BCUT2D eigenvalue weighted by molar-refractivity contribution is 5.77. The summed E-state index contributed by atoms with van der Waals surface area (Å²) in [7, 11) is 1.29. The molecule has 1 aromatic rings. The number of nitrogens with one attached hydrogen (secondary N) is 1. The lowest BCUT2D eigenvalue weighted by Crippen LogP contribution is -2.41. The molecule has 0 aromatic heterocycles. The summed E-state index contributed by atoms with van der Waals surface area (Å²) < 4.78 is 21.0. The lowest BCUT2D eigenvalue weighted by Gasteiger charge is -2.18. The maximum Gasteiger partial charge on any atom is 0.323 e. The zero-order valence-corrected chi connectivity index (χ0v) is 22.4. The van der Waals surface area contributed by atoms with Crippen LogP contribution in [-0.2, 0) is 35.1 Å². The van der Waals surface area contributed by atoms with Gasteiger partial charge < -0.3 is 24.3 Å². The number of carbonyl (C=O) groups excluding carboxylic acids is 4. The summed E-state index contributed by atoms with van der Waals surface area (Å²) in [5, 5.41) is 3.04. The van der Waals surface area contributed by atoms with E-state index in [0.29, 0.717) is 12.0 Å². The Hall–Kier alpha value is -2.94. The highest BCUT2D eigenvalue weighted by Gasteiger charge is 2.22. The van der Waals surface area contributed by atoms with Gasteiger partial charge in [-0.05, 0) is 42.4 Å². The van der Waals surface area contributed by atoms with Crippen LogP contribution in [0.3, 0.4) is 0 Å². The molecule has 9 heteroatoms. The Balaban J connectivity index is 2.96. The van der Waals surface area contributed by atoms with E-state index in [4.69, 9.17) is 18.9 Å². The van der Waals surface area contributed by atoms with E-state index < -0.39 is 23.9 Å². The molecule has 0 spiro atoms. The predicted octanol–water partition coefficient (Wildman–Crippen LogP) is 4.00. The summed E-state index contributed by atoms with van der Waals surface area (Å²) in [4.78, 5) is 48.5. The van der Waals surface area contributed by atoms with Gasteiger partial charge in [-0.25, -0.2) is 0 Å². The summed E-state index contributed by atoms with van der Waals surface area (Å²) >= 11 is 0. The Morgan fingerprint density at radius 1 is 0.889 bits per heavy atom. The van der Waals surface area contributed by atoms with Crippen LogP contribution in [0.15, 0.2) is 18.2 Å². The normalized spacial score (nSPS) is 11.8. The van der Waals surface area contributed by atoms with E-state index >= 15 is 0 Å². The van der Waals surface area contributed by atoms with Gasteiger partial charge in [-0.3, -0.25) is 19.2 Å². The van der Waals surface area contributed by atoms with Gasteiger partial charge in [0.1, 0.15) is 12.6 Å². The molecule has 1 atom stereocenters. The largest absolute Gasteiger partial charge is 0.468 e. The van der Waals surface area contributed by atoms with Crippen molar-refractivity contribution in [3.63, 3.8) is 0 Å². The Morgan fingerprint density at radius 3 is 2.06 bits per heavy atom. The van der Waals surface area contributed by atoms with E-state index in [2.05, 4.69) is 5.32 Å². The molecule has 0 unspecified atom stereocenters. The highest BCUT2D eigenvalue weighted by atomic mass is 16.6. The zero-order chi connectivity index (χ0) is 27.1. The number of carbonyl (C=O) groups is 4. The van der Waals surface area contributed by atoms with Crippen LogP contribution in [0.1, 0.15) is 72.3 Å². The summed E-state index contributed by atoms with van der Waals surface area (Å²) in [5.41, 5.74) is 0.661. The molecular formula is C27H41NO8. The van der Waals surface area contributed by atoms with Gasteiger partial charge in [-0.2, -0.15) is 0 Å². The van der Waals surface area contributed by atoms with Crippen molar-refractivity contribution in [2.75, 3.05) is 20.3 Å². The molecule has 1 aromatic carbocycles. The zero-order valence-electron chi connectivity index (χ0n) is 22.4. The average molecular weight is 508 g/mol. The summed E-state index contributed by atoms with van der Waals surface area (Å²) in [6.07, 6.45) is 2.67. The molecule has 1 N–H and O–H groups in total.